The molecule has 0 atom stereocenters. The van der Waals surface area contributed by atoms with Gasteiger partial charge in [-0.1, -0.05) is 13.8 Å². The Hall–Kier alpha value is -0.800. The number of rotatable bonds is 5. The quantitative estimate of drug-likeness (QED) is 0.808. The van der Waals surface area contributed by atoms with Gasteiger partial charge >= 0.3 is 0 Å². The fraction of sp³-hybridized carbons (Fsp3) is 0.667. The predicted octanol–water partition coefficient (Wildman–Crippen LogP) is 2.00. The molecule has 0 unspecified atom stereocenters. The van der Waals surface area contributed by atoms with E-state index in [0.717, 1.165) is 18.8 Å². The molecule has 0 saturated carbocycles. The van der Waals surface area contributed by atoms with Crippen molar-refractivity contribution in [1.82, 2.24) is 4.90 Å². The minimum Gasteiger partial charge on any atom is -0.468 e. The molecule has 3 heteroatoms. The zero-order chi connectivity index (χ0) is 11.5. The Morgan fingerprint density at radius 3 is 2.60 bits per heavy atom. The van der Waals surface area contributed by atoms with Gasteiger partial charge in [0.2, 0.25) is 0 Å². The van der Waals surface area contributed by atoms with Crippen molar-refractivity contribution in [1.29, 1.82) is 0 Å². The molecule has 1 aromatic rings. The van der Waals surface area contributed by atoms with E-state index in [4.69, 9.17) is 10.2 Å². The highest BCUT2D eigenvalue weighted by molar-refractivity contribution is 5.14. The molecule has 0 aliphatic rings. The summed E-state index contributed by atoms with van der Waals surface area (Å²) in [5.41, 5.74) is 7.08. The van der Waals surface area contributed by atoms with Gasteiger partial charge in [0.05, 0.1) is 12.8 Å². The first-order valence-electron chi connectivity index (χ1n) is 5.36. The van der Waals surface area contributed by atoms with Gasteiger partial charge in [0, 0.05) is 6.54 Å². The van der Waals surface area contributed by atoms with Crippen LogP contribution in [-0.4, -0.2) is 25.0 Å². The van der Waals surface area contributed by atoms with Crippen LogP contribution >= 0.6 is 0 Å². The van der Waals surface area contributed by atoms with Gasteiger partial charge in [-0.25, -0.2) is 0 Å². The Labute approximate surface area is 92.2 Å². The highest BCUT2D eigenvalue weighted by atomic mass is 16.3. The van der Waals surface area contributed by atoms with Crippen molar-refractivity contribution < 1.29 is 4.42 Å². The Balaban J connectivity index is 2.50. The minimum atomic E-state index is 0.162. The van der Waals surface area contributed by atoms with Crippen molar-refractivity contribution in [3.05, 3.63) is 23.7 Å². The van der Waals surface area contributed by atoms with Crippen LogP contribution < -0.4 is 5.73 Å². The van der Waals surface area contributed by atoms with Crippen molar-refractivity contribution in [2.75, 3.05) is 20.1 Å². The third-order valence-electron chi connectivity index (χ3n) is 2.63. The van der Waals surface area contributed by atoms with E-state index in [1.165, 1.54) is 5.56 Å². The summed E-state index contributed by atoms with van der Waals surface area (Å²) in [4.78, 5) is 2.25. The van der Waals surface area contributed by atoms with Crippen molar-refractivity contribution >= 4 is 0 Å². The van der Waals surface area contributed by atoms with Crippen molar-refractivity contribution in [3.8, 4) is 0 Å². The molecule has 0 amide bonds. The lowest BCUT2D eigenvalue weighted by Crippen LogP contribution is -2.36. The van der Waals surface area contributed by atoms with Crippen molar-refractivity contribution in [2.24, 2.45) is 11.1 Å². The Morgan fingerprint density at radius 1 is 1.47 bits per heavy atom. The molecule has 0 aromatic carbocycles. The van der Waals surface area contributed by atoms with Crippen LogP contribution in [0.5, 0.6) is 0 Å². The summed E-state index contributed by atoms with van der Waals surface area (Å²) >= 11 is 0. The molecule has 15 heavy (non-hydrogen) atoms. The van der Waals surface area contributed by atoms with E-state index in [1.54, 1.807) is 6.26 Å². The van der Waals surface area contributed by atoms with Gasteiger partial charge < -0.3 is 10.2 Å². The lowest BCUT2D eigenvalue weighted by atomic mass is 9.93. The lowest BCUT2D eigenvalue weighted by Gasteiger charge is -2.28. The average Bonchev–Trinajstić information content (AvgIpc) is 2.51. The van der Waals surface area contributed by atoms with Crippen LogP contribution in [0.2, 0.25) is 0 Å². The zero-order valence-corrected chi connectivity index (χ0v) is 10.2. The maximum Gasteiger partial charge on any atom is 0.120 e. The van der Waals surface area contributed by atoms with E-state index < -0.39 is 0 Å². The largest absolute Gasteiger partial charge is 0.468 e. The highest BCUT2D eigenvalue weighted by Crippen LogP contribution is 2.17. The molecule has 0 bridgehead atoms. The van der Waals surface area contributed by atoms with Crippen LogP contribution in [0.3, 0.4) is 0 Å². The first-order chi connectivity index (χ1) is 6.94. The first-order valence-corrected chi connectivity index (χ1v) is 5.36. The number of nitrogens with two attached hydrogens (primary N) is 1. The van der Waals surface area contributed by atoms with Gasteiger partial charge in [0.15, 0.2) is 0 Å². The number of nitrogens with zero attached hydrogens (tertiary/aromatic N) is 1. The van der Waals surface area contributed by atoms with Crippen LogP contribution in [0.4, 0.5) is 0 Å². The Bertz CT molecular complexity index is 304. The summed E-state index contributed by atoms with van der Waals surface area (Å²) in [5, 5.41) is 0. The molecule has 0 spiro atoms. The van der Waals surface area contributed by atoms with Gasteiger partial charge in [-0.2, -0.15) is 0 Å². The van der Waals surface area contributed by atoms with Gasteiger partial charge in [-0.3, -0.25) is 4.90 Å². The highest BCUT2D eigenvalue weighted by Gasteiger charge is 2.18. The number of furan rings is 1. The van der Waals surface area contributed by atoms with E-state index in [2.05, 4.69) is 32.7 Å². The van der Waals surface area contributed by atoms with Crippen LogP contribution in [0.1, 0.15) is 25.2 Å². The lowest BCUT2D eigenvalue weighted by molar-refractivity contribution is 0.198. The molecule has 2 N–H and O–H groups in total. The molecule has 0 aliphatic carbocycles. The van der Waals surface area contributed by atoms with Crippen LogP contribution in [-0.2, 0) is 6.54 Å². The van der Waals surface area contributed by atoms with E-state index in [1.807, 2.05) is 6.07 Å². The average molecular weight is 210 g/mol. The molecule has 3 nitrogen and oxygen atoms in total. The molecule has 0 aliphatic heterocycles. The Kier molecular flexibility index (Phi) is 3.94. The monoisotopic (exact) mass is 210 g/mol. The Morgan fingerprint density at radius 2 is 2.13 bits per heavy atom. The maximum atomic E-state index is 5.71. The SMILES string of the molecule is Cc1ccoc1CN(C)CC(C)(C)CN. The summed E-state index contributed by atoms with van der Waals surface area (Å²) < 4.78 is 5.41. The van der Waals surface area contributed by atoms with Crippen LogP contribution in [0.25, 0.3) is 0 Å². The number of aryl methyl sites for hydroxylation is 1. The second-order valence-corrected chi connectivity index (χ2v) is 5.07. The van der Waals surface area contributed by atoms with E-state index in [9.17, 15) is 0 Å². The minimum absolute atomic E-state index is 0.162. The fourth-order valence-corrected chi connectivity index (χ4v) is 1.66. The first kappa shape index (κ1) is 12.3. The van der Waals surface area contributed by atoms with E-state index in [-0.39, 0.29) is 5.41 Å². The standard InChI is InChI=1S/C12H22N2O/c1-10-5-6-15-11(10)7-14(4)9-12(2,3)8-13/h5-6H,7-9,13H2,1-4H3. The van der Waals surface area contributed by atoms with Gasteiger partial charge in [0.1, 0.15) is 5.76 Å². The van der Waals surface area contributed by atoms with E-state index >= 15 is 0 Å². The number of hydrogen-bond acceptors (Lipinski definition) is 3. The van der Waals surface area contributed by atoms with Crippen molar-refractivity contribution in [3.63, 3.8) is 0 Å². The maximum absolute atomic E-state index is 5.71. The van der Waals surface area contributed by atoms with E-state index in [0.29, 0.717) is 6.54 Å². The second kappa shape index (κ2) is 4.81. The summed E-state index contributed by atoms with van der Waals surface area (Å²) in [5.74, 6) is 1.05. The van der Waals surface area contributed by atoms with Crippen LogP contribution in [0.15, 0.2) is 16.7 Å². The fourth-order valence-electron chi connectivity index (χ4n) is 1.66. The topological polar surface area (TPSA) is 42.4 Å². The smallest absolute Gasteiger partial charge is 0.120 e. The second-order valence-electron chi connectivity index (χ2n) is 5.07. The predicted molar refractivity (Wildman–Crippen MR) is 62.6 cm³/mol. The summed E-state index contributed by atoms with van der Waals surface area (Å²) in [7, 11) is 2.10. The molecule has 1 rings (SSSR count). The van der Waals surface area contributed by atoms with Crippen molar-refractivity contribution in [2.45, 2.75) is 27.3 Å². The van der Waals surface area contributed by atoms with Crippen LogP contribution in [0, 0.1) is 12.3 Å². The summed E-state index contributed by atoms with van der Waals surface area (Å²) in [6, 6.07) is 2.00. The molecular formula is C12H22N2O. The van der Waals surface area contributed by atoms with Gasteiger partial charge in [-0.05, 0) is 37.6 Å². The molecule has 1 heterocycles. The van der Waals surface area contributed by atoms with Gasteiger partial charge in [0.25, 0.3) is 0 Å². The third kappa shape index (κ3) is 3.68. The molecular weight excluding hydrogens is 188 g/mol. The molecule has 0 saturated heterocycles. The third-order valence-corrected chi connectivity index (χ3v) is 2.63. The zero-order valence-electron chi connectivity index (χ0n) is 10.2. The normalized spacial score (nSPS) is 12.4. The summed E-state index contributed by atoms with van der Waals surface area (Å²) in [6.07, 6.45) is 1.74. The van der Waals surface area contributed by atoms with Gasteiger partial charge in [-0.15, -0.1) is 0 Å². The number of hydrogen-bond donors (Lipinski definition) is 1. The molecule has 0 fully saturated rings. The molecule has 0 radical (unpaired) electrons. The molecule has 86 valence electrons. The molecule has 1 aromatic heterocycles. The summed E-state index contributed by atoms with van der Waals surface area (Å²) in [6.45, 7) is 8.96.